The summed E-state index contributed by atoms with van der Waals surface area (Å²) in [5, 5.41) is 4.78. The van der Waals surface area contributed by atoms with Crippen LogP contribution in [-0.2, 0) is 16.6 Å². The predicted octanol–water partition coefficient (Wildman–Crippen LogP) is 3.41. The van der Waals surface area contributed by atoms with Gasteiger partial charge >= 0.3 is 5.97 Å². The van der Waals surface area contributed by atoms with Gasteiger partial charge in [-0.2, -0.15) is 5.10 Å². The molecule has 3 aromatic heterocycles. The number of ether oxygens (including phenoxy) is 2. The lowest BCUT2D eigenvalue weighted by atomic mass is 9.87. The average Bonchev–Trinajstić information content (AvgIpc) is 2.99. The van der Waals surface area contributed by atoms with Crippen LogP contribution < -0.4 is 4.74 Å². The highest BCUT2D eigenvalue weighted by molar-refractivity contribution is 5.87. The minimum Gasteiger partial charge on any atom is -0.495 e. The number of methoxy groups -OCH3 is 2. The lowest BCUT2D eigenvalue weighted by molar-refractivity contribution is 0.0593. The summed E-state index contributed by atoms with van der Waals surface area (Å²) in [6, 6.07) is 9.30. The van der Waals surface area contributed by atoms with Crippen LogP contribution in [0.15, 0.2) is 36.5 Å². The average molecular weight is 353 g/mol. The van der Waals surface area contributed by atoms with E-state index in [1.165, 1.54) is 7.11 Å². The first-order chi connectivity index (χ1) is 12.3. The standard InChI is InChI=1S/C20H23N3O3/c1-20(2,3)18-15(17-10-9-14(25-4)12-23(17)22-18)11-13-7-6-8-16(21-13)19(24)26-5/h6-10,12H,11H2,1-5H3. The SMILES string of the molecule is COC(=O)c1cccc(Cc2c(C(C)(C)C)nn3cc(OC)ccc23)n1. The van der Waals surface area contributed by atoms with E-state index in [1.807, 2.05) is 35.0 Å². The zero-order valence-corrected chi connectivity index (χ0v) is 15.7. The van der Waals surface area contributed by atoms with Gasteiger partial charge in [0.1, 0.15) is 11.4 Å². The van der Waals surface area contributed by atoms with Crippen LogP contribution in [0.3, 0.4) is 0 Å². The summed E-state index contributed by atoms with van der Waals surface area (Å²) in [5.74, 6) is 0.310. The molecule has 0 amide bonds. The molecule has 3 aromatic rings. The molecule has 3 rings (SSSR count). The van der Waals surface area contributed by atoms with Gasteiger partial charge in [0.2, 0.25) is 0 Å². The van der Waals surface area contributed by atoms with Crippen LogP contribution in [0, 0.1) is 0 Å². The van der Waals surface area contributed by atoms with Crippen LogP contribution in [0.5, 0.6) is 5.75 Å². The number of carbonyl (C=O) groups excluding carboxylic acids is 1. The Labute approximate surface area is 152 Å². The summed E-state index contributed by atoms with van der Waals surface area (Å²) in [6.07, 6.45) is 2.44. The van der Waals surface area contributed by atoms with Crippen molar-refractivity contribution < 1.29 is 14.3 Å². The van der Waals surface area contributed by atoms with Crippen molar-refractivity contribution in [1.29, 1.82) is 0 Å². The monoisotopic (exact) mass is 353 g/mol. The molecule has 0 aliphatic carbocycles. The van der Waals surface area contributed by atoms with E-state index in [9.17, 15) is 4.79 Å². The van der Waals surface area contributed by atoms with Gasteiger partial charge in [0.05, 0.1) is 31.6 Å². The van der Waals surface area contributed by atoms with Crippen molar-refractivity contribution in [2.24, 2.45) is 0 Å². The summed E-state index contributed by atoms with van der Waals surface area (Å²) in [5.41, 5.74) is 4.06. The Morgan fingerprint density at radius 2 is 1.92 bits per heavy atom. The second-order valence-corrected chi connectivity index (χ2v) is 7.16. The molecule has 6 nitrogen and oxygen atoms in total. The Bertz CT molecular complexity index is 955. The first-order valence-electron chi connectivity index (χ1n) is 8.43. The lowest BCUT2D eigenvalue weighted by Gasteiger charge is -2.17. The van der Waals surface area contributed by atoms with Gasteiger partial charge in [-0.25, -0.2) is 14.3 Å². The van der Waals surface area contributed by atoms with Crippen molar-refractivity contribution >= 4 is 11.5 Å². The van der Waals surface area contributed by atoms with Crippen LogP contribution in [0.25, 0.3) is 5.52 Å². The zero-order valence-electron chi connectivity index (χ0n) is 15.7. The highest BCUT2D eigenvalue weighted by Gasteiger charge is 2.25. The van der Waals surface area contributed by atoms with Crippen LogP contribution in [-0.4, -0.2) is 34.8 Å². The van der Waals surface area contributed by atoms with Crippen LogP contribution in [0.2, 0.25) is 0 Å². The molecule has 0 radical (unpaired) electrons. The van der Waals surface area contributed by atoms with Gasteiger partial charge in [0, 0.05) is 23.1 Å². The second-order valence-electron chi connectivity index (χ2n) is 7.16. The van der Waals surface area contributed by atoms with E-state index >= 15 is 0 Å². The first-order valence-corrected chi connectivity index (χ1v) is 8.43. The molecule has 0 fully saturated rings. The molecular weight excluding hydrogens is 330 g/mol. The molecule has 0 saturated carbocycles. The molecule has 3 heterocycles. The fourth-order valence-corrected chi connectivity index (χ4v) is 2.96. The smallest absolute Gasteiger partial charge is 0.356 e. The van der Waals surface area contributed by atoms with E-state index in [0.717, 1.165) is 28.2 Å². The number of nitrogens with zero attached hydrogens (tertiary/aromatic N) is 3. The maximum Gasteiger partial charge on any atom is 0.356 e. The van der Waals surface area contributed by atoms with Crippen molar-refractivity contribution in [1.82, 2.24) is 14.6 Å². The molecule has 0 atom stereocenters. The maximum atomic E-state index is 11.8. The molecule has 0 bridgehead atoms. The summed E-state index contributed by atoms with van der Waals surface area (Å²) >= 11 is 0. The third kappa shape index (κ3) is 3.40. The third-order valence-corrected chi connectivity index (χ3v) is 4.21. The molecule has 0 aliphatic rings. The van der Waals surface area contributed by atoms with Crippen molar-refractivity contribution in [3.8, 4) is 5.75 Å². The molecule has 0 spiro atoms. The van der Waals surface area contributed by atoms with Crippen molar-refractivity contribution in [3.05, 3.63) is 59.2 Å². The number of esters is 1. The van der Waals surface area contributed by atoms with Gasteiger partial charge in [0.25, 0.3) is 0 Å². The van der Waals surface area contributed by atoms with E-state index in [-0.39, 0.29) is 5.41 Å². The maximum absolute atomic E-state index is 11.8. The fraction of sp³-hybridized carbons (Fsp3) is 0.350. The quantitative estimate of drug-likeness (QED) is 0.673. The number of carbonyl (C=O) groups is 1. The summed E-state index contributed by atoms with van der Waals surface area (Å²) in [7, 11) is 2.99. The van der Waals surface area contributed by atoms with Crippen LogP contribution in [0.4, 0.5) is 0 Å². The van der Waals surface area contributed by atoms with E-state index in [0.29, 0.717) is 12.1 Å². The highest BCUT2D eigenvalue weighted by atomic mass is 16.5. The molecule has 26 heavy (non-hydrogen) atoms. The number of aromatic nitrogens is 3. The topological polar surface area (TPSA) is 65.7 Å². The Hall–Kier alpha value is -2.89. The second kappa shape index (κ2) is 6.78. The van der Waals surface area contributed by atoms with Crippen molar-refractivity contribution in [3.63, 3.8) is 0 Å². The van der Waals surface area contributed by atoms with E-state index in [2.05, 4.69) is 25.8 Å². The molecule has 0 saturated heterocycles. The van der Waals surface area contributed by atoms with E-state index in [1.54, 1.807) is 13.2 Å². The largest absolute Gasteiger partial charge is 0.495 e. The Morgan fingerprint density at radius 3 is 2.58 bits per heavy atom. The molecule has 6 heteroatoms. The van der Waals surface area contributed by atoms with Gasteiger partial charge in [0.15, 0.2) is 0 Å². The number of rotatable bonds is 4. The van der Waals surface area contributed by atoms with Gasteiger partial charge in [-0.15, -0.1) is 0 Å². The Balaban J connectivity index is 2.10. The zero-order chi connectivity index (χ0) is 18.9. The predicted molar refractivity (Wildman–Crippen MR) is 98.8 cm³/mol. The summed E-state index contributed by atoms with van der Waals surface area (Å²) < 4.78 is 11.9. The number of fused-ring (bicyclic) bond motifs is 1. The van der Waals surface area contributed by atoms with Gasteiger partial charge in [-0.3, -0.25) is 0 Å². The van der Waals surface area contributed by atoms with Crippen molar-refractivity contribution in [2.45, 2.75) is 32.6 Å². The number of hydrogen-bond acceptors (Lipinski definition) is 5. The lowest BCUT2D eigenvalue weighted by Crippen LogP contribution is -2.15. The molecule has 0 N–H and O–H groups in total. The number of pyridine rings is 2. The van der Waals surface area contributed by atoms with Crippen LogP contribution in [0.1, 0.15) is 48.2 Å². The van der Waals surface area contributed by atoms with Crippen molar-refractivity contribution in [2.75, 3.05) is 14.2 Å². The number of hydrogen-bond donors (Lipinski definition) is 0. The third-order valence-electron chi connectivity index (χ3n) is 4.21. The molecule has 0 unspecified atom stereocenters. The molecule has 0 aromatic carbocycles. The summed E-state index contributed by atoms with van der Waals surface area (Å²) in [6.45, 7) is 6.40. The molecular formula is C20H23N3O3. The normalized spacial score (nSPS) is 11.6. The van der Waals surface area contributed by atoms with Crippen LogP contribution >= 0.6 is 0 Å². The van der Waals surface area contributed by atoms with Gasteiger partial charge < -0.3 is 9.47 Å². The Morgan fingerprint density at radius 1 is 1.15 bits per heavy atom. The van der Waals surface area contributed by atoms with E-state index < -0.39 is 5.97 Å². The van der Waals surface area contributed by atoms with Gasteiger partial charge in [-0.05, 0) is 24.3 Å². The molecule has 136 valence electrons. The summed E-state index contributed by atoms with van der Waals surface area (Å²) in [4.78, 5) is 16.2. The molecule has 0 aliphatic heterocycles. The Kier molecular flexibility index (Phi) is 4.68. The minimum absolute atomic E-state index is 0.130. The fourth-order valence-electron chi connectivity index (χ4n) is 2.96. The highest BCUT2D eigenvalue weighted by Crippen LogP contribution is 2.30. The van der Waals surface area contributed by atoms with Gasteiger partial charge in [-0.1, -0.05) is 26.8 Å². The van der Waals surface area contributed by atoms with E-state index in [4.69, 9.17) is 14.6 Å². The minimum atomic E-state index is -0.438. The first kappa shape index (κ1) is 17.9.